The molecule has 3 rings (SSSR count). The summed E-state index contributed by atoms with van der Waals surface area (Å²) in [6.07, 6.45) is 3.02. The van der Waals surface area contributed by atoms with Crippen LogP contribution < -0.4 is 9.62 Å². The van der Waals surface area contributed by atoms with E-state index >= 15 is 0 Å². The minimum atomic E-state index is -3.95. The van der Waals surface area contributed by atoms with Gasteiger partial charge < -0.3 is 10.0 Å². The zero-order chi connectivity index (χ0) is 25.1. The fourth-order valence-electron chi connectivity index (χ4n) is 4.87. The molecule has 1 aliphatic rings. The Morgan fingerprint density at radius 1 is 1.09 bits per heavy atom. The van der Waals surface area contributed by atoms with Crippen LogP contribution in [0.3, 0.4) is 0 Å². The first-order chi connectivity index (χ1) is 16.1. The van der Waals surface area contributed by atoms with Gasteiger partial charge in [0.15, 0.2) is 0 Å². The predicted octanol–water partition coefficient (Wildman–Crippen LogP) is 4.56. The number of aliphatic hydroxyl groups is 1. The number of benzene rings is 2. The molecular formula is C25H35N3O5S. The van der Waals surface area contributed by atoms with E-state index in [4.69, 9.17) is 0 Å². The zero-order valence-corrected chi connectivity index (χ0v) is 21.1. The molecule has 0 saturated heterocycles. The predicted molar refractivity (Wildman–Crippen MR) is 134 cm³/mol. The molecule has 1 aliphatic heterocycles. The smallest absolute Gasteiger partial charge is 0.269 e. The number of fused-ring (bicyclic) bond motifs is 1. The third-order valence-electron chi connectivity index (χ3n) is 6.75. The summed E-state index contributed by atoms with van der Waals surface area (Å²) in [5, 5.41) is 23.5. The molecule has 0 fully saturated rings. The van der Waals surface area contributed by atoms with E-state index in [1.54, 1.807) is 30.3 Å². The SMILES string of the molecule is CCCCC1(CCCC)NS(=O)(=O)c2ccc(N(C)C)cc2[C@@H](c2cccc([N+](=O)[O-])c2)[C@@H]1O. The van der Waals surface area contributed by atoms with E-state index in [0.717, 1.165) is 31.4 Å². The highest BCUT2D eigenvalue weighted by Crippen LogP contribution is 2.45. The number of nitrogens with zero attached hydrogens (tertiary/aromatic N) is 2. The largest absolute Gasteiger partial charge is 0.390 e. The van der Waals surface area contributed by atoms with Gasteiger partial charge in [0.05, 0.1) is 21.5 Å². The molecule has 0 spiro atoms. The Labute approximate surface area is 202 Å². The number of rotatable bonds is 9. The summed E-state index contributed by atoms with van der Waals surface area (Å²) in [7, 11) is -0.236. The summed E-state index contributed by atoms with van der Waals surface area (Å²) >= 11 is 0. The Morgan fingerprint density at radius 2 is 1.74 bits per heavy atom. The van der Waals surface area contributed by atoms with E-state index in [2.05, 4.69) is 4.72 Å². The van der Waals surface area contributed by atoms with Gasteiger partial charge in [-0.3, -0.25) is 10.1 Å². The number of nitro benzene ring substituents is 1. The topological polar surface area (TPSA) is 113 Å². The molecule has 0 bridgehead atoms. The van der Waals surface area contributed by atoms with Gasteiger partial charge in [-0.15, -0.1) is 0 Å². The van der Waals surface area contributed by atoms with Crippen molar-refractivity contribution >= 4 is 21.4 Å². The molecule has 0 aliphatic carbocycles. The molecule has 2 aromatic carbocycles. The Hall–Kier alpha value is -2.49. The second-order valence-corrected chi connectivity index (χ2v) is 11.0. The van der Waals surface area contributed by atoms with Crippen molar-refractivity contribution in [2.45, 2.75) is 74.8 Å². The summed E-state index contributed by atoms with van der Waals surface area (Å²) in [5.41, 5.74) is 0.572. The summed E-state index contributed by atoms with van der Waals surface area (Å²) in [4.78, 5) is 13.0. The number of sulfonamides is 1. The summed E-state index contributed by atoms with van der Waals surface area (Å²) in [6.45, 7) is 4.06. The van der Waals surface area contributed by atoms with Crippen molar-refractivity contribution in [3.05, 3.63) is 63.7 Å². The zero-order valence-electron chi connectivity index (χ0n) is 20.3. The van der Waals surface area contributed by atoms with Crippen LogP contribution in [-0.2, 0) is 10.0 Å². The van der Waals surface area contributed by atoms with Crippen LogP contribution in [-0.4, -0.2) is 44.2 Å². The van der Waals surface area contributed by atoms with Crippen molar-refractivity contribution in [2.75, 3.05) is 19.0 Å². The van der Waals surface area contributed by atoms with Gasteiger partial charge in [-0.05, 0) is 42.2 Å². The summed E-state index contributed by atoms with van der Waals surface area (Å²) in [5.74, 6) is -0.756. The second-order valence-electron chi connectivity index (χ2n) is 9.36. The molecule has 34 heavy (non-hydrogen) atoms. The van der Waals surface area contributed by atoms with Crippen LogP contribution in [0.5, 0.6) is 0 Å². The molecule has 2 atom stereocenters. The van der Waals surface area contributed by atoms with E-state index < -0.39 is 32.5 Å². The van der Waals surface area contributed by atoms with Crippen molar-refractivity contribution < 1.29 is 18.4 Å². The highest BCUT2D eigenvalue weighted by atomic mass is 32.2. The first kappa shape index (κ1) is 26.1. The van der Waals surface area contributed by atoms with Crippen molar-refractivity contribution in [1.29, 1.82) is 0 Å². The molecule has 0 unspecified atom stereocenters. The number of nitrogens with one attached hydrogen (secondary N) is 1. The average molecular weight is 490 g/mol. The van der Waals surface area contributed by atoms with Gasteiger partial charge >= 0.3 is 0 Å². The molecule has 0 saturated carbocycles. The van der Waals surface area contributed by atoms with E-state index in [9.17, 15) is 23.6 Å². The van der Waals surface area contributed by atoms with Crippen LogP contribution >= 0.6 is 0 Å². The minimum Gasteiger partial charge on any atom is -0.390 e. The third-order valence-corrected chi connectivity index (χ3v) is 8.37. The highest BCUT2D eigenvalue weighted by molar-refractivity contribution is 7.89. The van der Waals surface area contributed by atoms with Gasteiger partial charge in [-0.2, -0.15) is 0 Å². The lowest BCUT2D eigenvalue weighted by atomic mass is 9.73. The number of non-ortho nitro benzene ring substituents is 1. The molecule has 2 aromatic rings. The molecular weight excluding hydrogens is 454 g/mol. The third kappa shape index (κ3) is 5.11. The van der Waals surface area contributed by atoms with E-state index in [1.165, 1.54) is 12.1 Å². The average Bonchev–Trinajstić information content (AvgIpc) is 2.87. The van der Waals surface area contributed by atoms with Gasteiger partial charge in [0.2, 0.25) is 10.0 Å². The second kappa shape index (κ2) is 10.4. The van der Waals surface area contributed by atoms with E-state index in [1.807, 2.05) is 32.8 Å². The monoisotopic (exact) mass is 489 g/mol. The maximum Gasteiger partial charge on any atom is 0.269 e. The maximum atomic E-state index is 13.7. The number of anilines is 1. The Bertz CT molecular complexity index is 1130. The molecule has 186 valence electrons. The number of hydrogen-bond donors (Lipinski definition) is 2. The maximum absolute atomic E-state index is 13.7. The fraction of sp³-hybridized carbons (Fsp3) is 0.520. The van der Waals surface area contributed by atoms with Crippen LogP contribution in [0.25, 0.3) is 0 Å². The lowest BCUT2D eigenvalue weighted by molar-refractivity contribution is -0.384. The first-order valence-electron chi connectivity index (χ1n) is 11.8. The molecule has 1 heterocycles. The van der Waals surface area contributed by atoms with Crippen molar-refractivity contribution in [1.82, 2.24) is 4.72 Å². The Balaban J connectivity index is 2.34. The van der Waals surface area contributed by atoms with Crippen LogP contribution in [0, 0.1) is 10.1 Å². The molecule has 9 heteroatoms. The molecule has 2 N–H and O–H groups in total. The van der Waals surface area contributed by atoms with Crippen molar-refractivity contribution in [3.63, 3.8) is 0 Å². The highest BCUT2D eigenvalue weighted by Gasteiger charge is 2.49. The van der Waals surface area contributed by atoms with Gasteiger partial charge in [0.1, 0.15) is 0 Å². The minimum absolute atomic E-state index is 0.0946. The van der Waals surface area contributed by atoms with Gasteiger partial charge in [0.25, 0.3) is 5.69 Å². The van der Waals surface area contributed by atoms with Crippen LogP contribution in [0.4, 0.5) is 11.4 Å². The Morgan fingerprint density at radius 3 is 2.29 bits per heavy atom. The lowest BCUT2D eigenvalue weighted by Crippen LogP contribution is -2.56. The van der Waals surface area contributed by atoms with Crippen LogP contribution in [0.1, 0.15) is 69.4 Å². The molecule has 0 radical (unpaired) electrons. The number of aliphatic hydroxyl groups excluding tert-OH is 1. The normalized spacial score (nSPS) is 20.9. The Kier molecular flexibility index (Phi) is 8.00. The number of unbranched alkanes of at least 4 members (excludes halogenated alkanes) is 2. The summed E-state index contributed by atoms with van der Waals surface area (Å²) in [6, 6.07) is 11.2. The summed E-state index contributed by atoms with van der Waals surface area (Å²) < 4.78 is 30.2. The lowest BCUT2D eigenvalue weighted by Gasteiger charge is -2.40. The molecule has 8 nitrogen and oxygen atoms in total. The fourth-order valence-corrected chi connectivity index (χ4v) is 6.59. The van der Waals surface area contributed by atoms with Crippen LogP contribution in [0.2, 0.25) is 0 Å². The van der Waals surface area contributed by atoms with Gasteiger partial charge in [-0.1, -0.05) is 51.7 Å². The first-order valence-corrected chi connectivity index (χ1v) is 13.3. The van der Waals surface area contributed by atoms with E-state index in [-0.39, 0.29) is 10.6 Å². The number of nitro groups is 1. The number of hydrogen-bond acceptors (Lipinski definition) is 6. The van der Waals surface area contributed by atoms with Crippen LogP contribution in [0.15, 0.2) is 47.4 Å². The standard InChI is InChI=1S/C25H35N3O5S/c1-5-7-14-25(15-8-6-2)24(29)23(18-10-9-11-20(16-18)28(30)31)21-17-19(27(3)4)12-13-22(21)34(32,33)26-25/h9-13,16-17,23-24,26,29H,5-8,14-15H2,1-4H3/t23-,24+/m1/s1. The van der Waals surface area contributed by atoms with E-state index in [0.29, 0.717) is 24.0 Å². The van der Waals surface area contributed by atoms with Crippen molar-refractivity contribution in [2.24, 2.45) is 0 Å². The van der Waals surface area contributed by atoms with Gasteiger partial charge in [0, 0.05) is 37.8 Å². The molecule has 0 aromatic heterocycles. The molecule has 0 amide bonds. The quantitative estimate of drug-likeness (QED) is 0.394. The van der Waals surface area contributed by atoms with Crippen molar-refractivity contribution in [3.8, 4) is 0 Å². The van der Waals surface area contributed by atoms with Gasteiger partial charge in [-0.25, -0.2) is 13.1 Å².